The smallest absolute Gasteiger partial charge is 0.211 e. The van der Waals surface area contributed by atoms with Crippen LogP contribution in [0.5, 0.6) is 0 Å². The molecule has 0 aromatic carbocycles. The molecule has 3 heteroatoms. The molecule has 3 nitrogen and oxygen atoms in total. The maximum Gasteiger partial charge on any atom is 0.211 e. The van der Waals surface area contributed by atoms with E-state index in [2.05, 4.69) is 12.2 Å². The molecule has 3 N–H and O–H groups in total. The molecule has 1 rings (SSSR count). The van der Waals surface area contributed by atoms with Crippen LogP contribution in [0, 0.1) is 11.8 Å². The Balaban J connectivity index is 2.67. The average Bonchev–Trinajstić information content (AvgIpc) is 1.98. The lowest BCUT2D eigenvalue weighted by Gasteiger charge is -2.34. The number of nitrogens with two attached hydrogens (primary N) is 1. The molecule has 1 aliphatic rings. The van der Waals surface area contributed by atoms with E-state index in [0.717, 1.165) is 11.4 Å². The standard InChI is InChI=1S/C7H12N2O/c1-4-5(2)7(6(4)8)9-3-10/h3-5H,8H2,1-2H3,(H,9,10). The van der Waals surface area contributed by atoms with Gasteiger partial charge >= 0.3 is 0 Å². The highest BCUT2D eigenvalue weighted by Crippen LogP contribution is 2.34. The number of rotatable bonds is 2. The van der Waals surface area contributed by atoms with Gasteiger partial charge in [-0.2, -0.15) is 0 Å². The fourth-order valence-electron chi connectivity index (χ4n) is 1.21. The zero-order valence-corrected chi connectivity index (χ0v) is 6.22. The maximum atomic E-state index is 10.0. The molecular formula is C7H12N2O. The Morgan fingerprint density at radius 1 is 1.50 bits per heavy atom. The van der Waals surface area contributed by atoms with Gasteiger partial charge in [0.2, 0.25) is 6.41 Å². The van der Waals surface area contributed by atoms with Crippen molar-refractivity contribution < 1.29 is 4.79 Å². The first kappa shape index (κ1) is 7.12. The summed E-state index contributed by atoms with van der Waals surface area (Å²) in [6.07, 6.45) is 0.671. The molecule has 0 heterocycles. The third-order valence-corrected chi connectivity index (χ3v) is 2.22. The molecule has 0 fully saturated rings. The Morgan fingerprint density at radius 3 is 2.50 bits per heavy atom. The summed E-state index contributed by atoms with van der Waals surface area (Å²) in [5, 5.41) is 2.59. The summed E-state index contributed by atoms with van der Waals surface area (Å²) in [6.45, 7) is 4.10. The lowest BCUT2D eigenvalue weighted by Crippen LogP contribution is -2.38. The highest BCUT2D eigenvalue weighted by Gasteiger charge is 2.31. The lowest BCUT2D eigenvalue weighted by molar-refractivity contribution is -0.109. The number of hydrogen-bond donors (Lipinski definition) is 2. The molecule has 0 aliphatic heterocycles. The van der Waals surface area contributed by atoms with Gasteiger partial charge in [0.25, 0.3) is 0 Å². The average molecular weight is 140 g/mol. The van der Waals surface area contributed by atoms with E-state index in [1.165, 1.54) is 0 Å². The Bertz CT molecular complexity index is 186. The molecule has 2 atom stereocenters. The van der Waals surface area contributed by atoms with Crippen LogP contribution in [0.3, 0.4) is 0 Å². The van der Waals surface area contributed by atoms with E-state index in [1.807, 2.05) is 6.92 Å². The number of hydrogen-bond acceptors (Lipinski definition) is 2. The normalized spacial score (nSPS) is 31.4. The fourth-order valence-corrected chi connectivity index (χ4v) is 1.21. The second-order valence-corrected chi connectivity index (χ2v) is 2.71. The van der Waals surface area contributed by atoms with Crippen LogP contribution in [-0.4, -0.2) is 6.41 Å². The second kappa shape index (κ2) is 2.33. The van der Waals surface area contributed by atoms with E-state index in [0.29, 0.717) is 18.2 Å². The van der Waals surface area contributed by atoms with E-state index < -0.39 is 0 Å². The van der Waals surface area contributed by atoms with Crippen LogP contribution in [0.4, 0.5) is 0 Å². The fraction of sp³-hybridized carbons (Fsp3) is 0.571. The number of nitrogens with one attached hydrogen (secondary N) is 1. The zero-order chi connectivity index (χ0) is 7.72. The molecule has 0 spiro atoms. The SMILES string of the molecule is CC1C(N)=C(NC=O)C1C. The molecule has 56 valence electrons. The van der Waals surface area contributed by atoms with Gasteiger partial charge in [-0.05, 0) is 0 Å². The third-order valence-electron chi connectivity index (χ3n) is 2.22. The van der Waals surface area contributed by atoms with Gasteiger partial charge in [-0.1, -0.05) is 13.8 Å². The maximum absolute atomic E-state index is 10.0. The van der Waals surface area contributed by atoms with Gasteiger partial charge in [0.1, 0.15) is 0 Å². The number of amides is 1. The topological polar surface area (TPSA) is 55.1 Å². The van der Waals surface area contributed by atoms with Crippen molar-refractivity contribution in [1.29, 1.82) is 0 Å². The second-order valence-electron chi connectivity index (χ2n) is 2.71. The minimum atomic E-state index is 0.408. The van der Waals surface area contributed by atoms with E-state index in [1.54, 1.807) is 0 Å². The van der Waals surface area contributed by atoms with Crippen LogP contribution in [0.25, 0.3) is 0 Å². The Kier molecular flexibility index (Phi) is 1.66. The molecular weight excluding hydrogens is 128 g/mol. The van der Waals surface area contributed by atoms with Crippen molar-refractivity contribution >= 4 is 6.41 Å². The van der Waals surface area contributed by atoms with Gasteiger partial charge in [0.15, 0.2) is 0 Å². The Morgan fingerprint density at radius 2 is 2.10 bits per heavy atom. The lowest BCUT2D eigenvalue weighted by atomic mass is 9.78. The van der Waals surface area contributed by atoms with E-state index in [9.17, 15) is 4.79 Å². The molecule has 0 aromatic heterocycles. The van der Waals surface area contributed by atoms with Crippen LogP contribution in [0.2, 0.25) is 0 Å². The van der Waals surface area contributed by atoms with Crippen molar-refractivity contribution in [2.45, 2.75) is 13.8 Å². The molecule has 1 aliphatic carbocycles. The summed E-state index contributed by atoms with van der Waals surface area (Å²) in [7, 11) is 0. The van der Waals surface area contributed by atoms with E-state index in [-0.39, 0.29) is 0 Å². The molecule has 1 amide bonds. The summed E-state index contributed by atoms with van der Waals surface area (Å²) >= 11 is 0. The van der Waals surface area contributed by atoms with Crippen LogP contribution < -0.4 is 11.1 Å². The first-order valence-corrected chi connectivity index (χ1v) is 3.38. The highest BCUT2D eigenvalue weighted by molar-refractivity contribution is 5.52. The minimum Gasteiger partial charge on any atom is -0.400 e. The molecule has 0 bridgehead atoms. The van der Waals surface area contributed by atoms with Crippen LogP contribution in [0.1, 0.15) is 13.8 Å². The summed E-state index contributed by atoms with van der Waals surface area (Å²) < 4.78 is 0. The van der Waals surface area contributed by atoms with Gasteiger partial charge in [-0.25, -0.2) is 0 Å². The predicted octanol–water partition coefficient (Wildman–Crippen LogP) is 0.189. The van der Waals surface area contributed by atoms with Gasteiger partial charge < -0.3 is 11.1 Å². The third kappa shape index (κ3) is 0.781. The van der Waals surface area contributed by atoms with Crippen molar-refractivity contribution in [3.63, 3.8) is 0 Å². The first-order valence-electron chi connectivity index (χ1n) is 3.38. The van der Waals surface area contributed by atoms with E-state index in [4.69, 9.17) is 5.73 Å². The number of carbonyl (C=O) groups is 1. The predicted molar refractivity (Wildman–Crippen MR) is 38.7 cm³/mol. The summed E-state index contributed by atoms with van der Waals surface area (Å²) in [6, 6.07) is 0. The zero-order valence-electron chi connectivity index (χ0n) is 6.22. The number of carbonyl (C=O) groups excluding carboxylic acids is 1. The number of allylic oxidation sites excluding steroid dienone is 2. The molecule has 0 saturated carbocycles. The monoisotopic (exact) mass is 140 g/mol. The van der Waals surface area contributed by atoms with Crippen LogP contribution in [0.15, 0.2) is 11.4 Å². The van der Waals surface area contributed by atoms with Gasteiger partial charge in [0.05, 0.1) is 0 Å². The summed E-state index contributed by atoms with van der Waals surface area (Å²) in [4.78, 5) is 10.0. The van der Waals surface area contributed by atoms with E-state index >= 15 is 0 Å². The van der Waals surface area contributed by atoms with Gasteiger partial charge in [-0.3, -0.25) is 4.79 Å². The van der Waals surface area contributed by atoms with Crippen molar-refractivity contribution in [3.8, 4) is 0 Å². The summed E-state index contributed by atoms with van der Waals surface area (Å²) in [5.74, 6) is 0.827. The van der Waals surface area contributed by atoms with Crippen LogP contribution in [-0.2, 0) is 4.79 Å². The first-order chi connectivity index (χ1) is 4.68. The largest absolute Gasteiger partial charge is 0.400 e. The van der Waals surface area contributed by atoms with Crippen molar-refractivity contribution in [3.05, 3.63) is 11.4 Å². The Hall–Kier alpha value is -0.990. The molecule has 0 aromatic rings. The van der Waals surface area contributed by atoms with Crippen molar-refractivity contribution in [1.82, 2.24) is 5.32 Å². The quantitative estimate of drug-likeness (QED) is 0.538. The highest BCUT2D eigenvalue weighted by atomic mass is 16.1. The Labute approximate surface area is 60.3 Å². The van der Waals surface area contributed by atoms with Crippen LogP contribution >= 0.6 is 0 Å². The minimum absolute atomic E-state index is 0.408. The molecule has 0 radical (unpaired) electrons. The van der Waals surface area contributed by atoms with Gasteiger partial charge in [0, 0.05) is 23.2 Å². The van der Waals surface area contributed by atoms with Gasteiger partial charge in [-0.15, -0.1) is 0 Å². The molecule has 2 unspecified atom stereocenters. The van der Waals surface area contributed by atoms with Crippen molar-refractivity contribution in [2.24, 2.45) is 17.6 Å². The summed E-state index contributed by atoms with van der Waals surface area (Å²) in [5.41, 5.74) is 7.31. The molecule has 0 saturated heterocycles. The van der Waals surface area contributed by atoms with Crippen molar-refractivity contribution in [2.75, 3.05) is 0 Å². The molecule has 10 heavy (non-hydrogen) atoms.